The summed E-state index contributed by atoms with van der Waals surface area (Å²) in [4.78, 5) is 11.7. The molecule has 3 N–H and O–H groups in total. The number of ether oxygens (including phenoxy) is 1. The van der Waals surface area contributed by atoms with Gasteiger partial charge in [0.2, 0.25) is 0 Å². The fourth-order valence-electron chi connectivity index (χ4n) is 1.86. The summed E-state index contributed by atoms with van der Waals surface area (Å²) in [7, 11) is 0. The van der Waals surface area contributed by atoms with Crippen LogP contribution in [0.2, 0.25) is 0 Å². The smallest absolute Gasteiger partial charge is 0.412 e. The Morgan fingerprint density at radius 1 is 1.32 bits per heavy atom. The molecule has 0 aliphatic heterocycles. The number of rotatable bonds is 3. The number of carbonyl (C=O) groups excluding carboxylic acids is 1. The van der Waals surface area contributed by atoms with Gasteiger partial charge in [-0.15, -0.1) is 0 Å². The van der Waals surface area contributed by atoms with Crippen molar-refractivity contribution < 1.29 is 22.7 Å². The van der Waals surface area contributed by atoms with Crippen LogP contribution in [0.25, 0.3) is 0 Å². The van der Waals surface area contributed by atoms with Crippen LogP contribution in [0.15, 0.2) is 18.2 Å². The summed E-state index contributed by atoms with van der Waals surface area (Å²) < 4.78 is 43.9. The van der Waals surface area contributed by atoms with Gasteiger partial charge < -0.3 is 10.5 Å². The number of anilines is 1. The van der Waals surface area contributed by atoms with E-state index in [4.69, 9.17) is 10.5 Å². The van der Waals surface area contributed by atoms with Crippen molar-refractivity contribution in [3.63, 3.8) is 0 Å². The van der Waals surface area contributed by atoms with Crippen LogP contribution in [-0.2, 0) is 4.74 Å². The highest BCUT2D eigenvalue weighted by molar-refractivity contribution is 5.86. The number of nitrogens with two attached hydrogens (primary N) is 1. The normalized spacial score (nSPS) is 13.6. The minimum absolute atomic E-state index is 0.00617. The first kappa shape index (κ1) is 18.3. The molecule has 0 saturated carbocycles. The maximum Gasteiger partial charge on any atom is 0.412 e. The summed E-state index contributed by atoms with van der Waals surface area (Å²) in [6, 6.07) is 4.15. The van der Waals surface area contributed by atoms with Gasteiger partial charge in [-0.1, -0.05) is 12.1 Å². The molecule has 0 aromatic heterocycles. The molecule has 22 heavy (non-hydrogen) atoms. The summed E-state index contributed by atoms with van der Waals surface area (Å²) in [6.45, 7) is 6.22. The predicted molar refractivity (Wildman–Crippen MR) is 78.9 cm³/mol. The highest BCUT2D eigenvalue weighted by Crippen LogP contribution is 2.35. The standard InChI is InChI=1S/C15H21F3N2O2/c1-9-5-6-10(11(8-19)15(16,17)18)7-12(9)20-13(21)22-14(2,3)4/h5-7,11H,8,19H2,1-4H3,(H,20,21). The van der Waals surface area contributed by atoms with Crippen LogP contribution >= 0.6 is 0 Å². The van der Waals surface area contributed by atoms with Crippen LogP contribution in [0.3, 0.4) is 0 Å². The molecule has 0 fully saturated rings. The third kappa shape index (κ3) is 5.22. The molecule has 1 unspecified atom stereocenters. The van der Waals surface area contributed by atoms with Crippen molar-refractivity contribution in [1.29, 1.82) is 0 Å². The van der Waals surface area contributed by atoms with Gasteiger partial charge in [0.15, 0.2) is 0 Å². The molecule has 4 nitrogen and oxygen atoms in total. The third-order valence-electron chi connectivity index (χ3n) is 2.93. The number of hydrogen-bond donors (Lipinski definition) is 2. The van der Waals surface area contributed by atoms with Gasteiger partial charge in [-0.3, -0.25) is 5.32 Å². The monoisotopic (exact) mass is 318 g/mol. The van der Waals surface area contributed by atoms with Gasteiger partial charge in [0.1, 0.15) is 5.60 Å². The summed E-state index contributed by atoms with van der Waals surface area (Å²) in [5.41, 5.74) is 5.45. The molecule has 1 atom stereocenters. The van der Waals surface area contributed by atoms with E-state index in [0.29, 0.717) is 5.56 Å². The lowest BCUT2D eigenvalue weighted by molar-refractivity contribution is -0.148. The van der Waals surface area contributed by atoms with Crippen LogP contribution in [-0.4, -0.2) is 24.4 Å². The zero-order chi connectivity index (χ0) is 17.1. The second kappa shape index (κ2) is 6.56. The number of aryl methyl sites for hydroxylation is 1. The Morgan fingerprint density at radius 2 is 1.91 bits per heavy atom. The average molecular weight is 318 g/mol. The largest absolute Gasteiger partial charge is 0.444 e. The van der Waals surface area contributed by atoms with Crippen molar-refractivity contribution in [2.75, 3.05) is 11.9 Å². The highest BCUT2D eigenvalue weighted by Gasteiger charge is 2.39. The number of benzene rings is 1. The lowest BCUT2D eigenvalue weighted by Crippen LogP contribution is -2.29. The molecule has 0 aliphatic carbocycles. The van der Waals surface area contributed by atoms with Crippen LogP contribution in [0.5, 0.6) is 0 Å². The van der Waals surface area contributed by atoms with Gasteiger partial charge in [-0.2, -0.15) is 13.2 Å². The molecular formula is C15H21F3N2O2. The molecule has 1 aromatic rings. The Morgan fingerprint density at radius 3 is 2.36 bits per heavy atom. The second-order valence-electron chi connectivity index (χ2n) is 6.03. The predicted octanol–water partition coefficient (Wildman–Crippen LogP) is 3.95. The first-order valence-corrected chi connectivity index (χ1v) is 6.81. The Kier molecular flexibility index (Phi) is 5.45. The molecule has 0 saturated heterocycles. The molecule has 0 radical (unpaired) electrons. The van der Waals surface area contributed by atoms with Gasteiger partial charge >= 0.3 is 12.3 Å². The fourth-order valence-corrected chi connectivity index (χ4v) is 1.86. The summed E-state index contributed by atoms with van der Waals surface area (Å²) in [5, 5.41) is 2.47. The lowest BCUT2D eigenvalue weighted by atomic mass is 9.96. The van der Waals surface area contributed by atoms with Crippen molar-refractivity contribution in [2.45, 2.75) is 45.4 Å². The number of carbonyl (C=O) groups is 1. The maximum atomic E-state index is 12.9. The van der Waals surface area contributed by atoms with E-state index in [0.717, 1.165) is 0 Å². The van der Waals surface area contributed by atoms with E-state index in [2.05, 4.69) is 5.32 Å². The summed E-state index contributed by atoms with van der Waals surface area (Å²) >= 11 is 0. The Balaban J connectivity index is 3.02. The highest BCUT2D eigenvalue weighted by atomic mass is 19.4. The van der Waals surface area contributed by atoms with Crippen molar-refractivity contribution >= 4 is 11.8 Å². The van der Waals surface area contributed by atoms with Crippen molar-refractivity contribution in [2.24, 2.45) is 5.73 Å². The number of nitrogens with one attached hydrogen (secondary N) is 1. The molecule has 0 aliphatic rings. The Labute approximate surface area is 127 Å². The van der Waals surface area contributed by atoms with Gasteiger partial charge in [0, 0.05) is 12.2 Å². The van der Waals surface area contributed by atoms with Gasteiger partial charge in [-0.25, -0.2) is 4.79 Å². The van der Waals surface area contributed by atoms with Gasteiger partial charge in [0.25, 0.3) is 0 Å². The van der Waals surface area contributed by atoms with E-state index in [-0.39, 0.29) is 11.3 Å². The zero-order valence-electron chi connectivity index (χ0n) is 13.0. The molecule has 124 valence electrons. The lowest BCUT2D eigenvalue weighted by Gasteiger charge is -2.22. The number of halogens is 3. The molecule has 1 rings (SSSR count). The minimum Gasteiger partial charge on any atom is -0.444 e. The Bertz CT molecular complexity index is 537. The number of alkyl halides is 3. The van der Waals surface area contributed by atoms with E-state index in [1.165, 1.54) is 18.2 Å². The van der Waals surface area contributed by atoms with E-state index >= 15 is 0 Å². The first-order chi connectivity index (χ1) is 9.94. The van der Waals surface area contributed by atoms with Crippen LogP contribution in [0.1, 0.15) is 37.8 Å². The van der Waals surface area contributed by atoms with Crippen LogP contribution in [0, 0.1) is 6.92 Å². The summed E-state index contributed by atoms with van der Waals surface area (Å²) in [6.07, 6.45) is -5.16. The molecular weight excluding hydrogens is 297 g/mol. The number of amides is 1. The fraction of sp³-hybridized carbons (Fsp3) is 0.533. The van der Waals surface area contributed by atoms with E-state index in [1.54, 1.807) is 27.7 Å². The molecule has 0 heterocycles. The molecule has 1 aromatic carbocycles. The molecule has 7 heteroatoms. The Hall–Kier alpha value is -1.76. The quantitative estimate of drug-likeness (QED) is 0.887. The van der Waals surface area contributed by atoms with Crippen molar-refractivity contribution in [3.05, 3.63) is 29.3 Å². The minimum atomic E-state index is -4.44. The zero-order valence-corrected chi connectivity index (χ0v) is 13.0. The molecule has 1 amide bonds. The number of hydrogen-bond acceptors (Lipinski definition) is 3. The molecule has 0 spiro atoms. The van der Waals surface area contributed by atoms with E-state index in [9.17, 15) is 18.0 Å². The SMILES string of the molecule is Cc1ccc(C(CN)C(F)(F)F)cc1NC(=O)OC(C)(C)C. The van der Waals surface area contributed by atoms with Crippen molar-refractivity contribution in [1.82, 2.24) is 0 Å². The second-order valence-corrected chi connectivity index (χ2v) is 6.03. The van der Waals surface area contributed by atoms with Gasteiger partial charge in [-0.05, 0) is 44.9 Å². The molecule has 0 bridgehead atoms. The van der Waals surface area contributed by atoms with E-state index in [1.807, 2.05) is 0 Å². The van der Waals surface area contributed by atoms with Gasteiger partial charge in [0.05, 0.1) is 5.92 Å². The van der Waals surface area contributed by atoms with Crippen LogP contribution < -0.4 is 11.1 Å². The summed E-state index contributed by atoms with van der Waals surface area (Å²) in [5.74, 6) is -1.77. The average Bonchev–Trinajstić information content (AvgIpc) is 2.29. The third-order valence-corrected chi connectivity index (χ3v) is 2.93. The van der Waals surface area contributed by atoms with Crippen molar-refractivity contribution in [3.8, 4) is 0 Å². The van der Waals surface area contributed by atoms with Crippen LogP contribution in [0.4, 0.5) is 23.7 Å². The first-order valence-electron chi connectivity index (χ1n) is 6.81. The van der Waals surface area contributed by atoms with E-state index < -0.39 is 30.3 Å². The topological polar surface area (TPSA) is 64.3 Å². The maximum absolute atomic E-state index is 12.9.